The molecule has 7 heteroatoms. The lowest BCUT2D eigenvalue weighted by Gasteiger charge is -2.32. The van der Waals surface area contributed by atoms with Gasteiger partial charge in [-0.3, -0.25) is 4.79 Å². The van der Waals surface area contributed by atoms with Gasteiger partial charge in [0, 0.05) is 16.6 Å². The fourth-order valence-corrected chi connectivity index (χ4v) is 3.43. The van der Waals surface area contributed by atoms with Gasteiger partial charge < -0.3 is 4.90 Å². The van der Waals surface area contributed by atoms with Crippen LogP contribution in [0.15, 0.2) is 27.6 Å². The Labute approximate surface area is 127 Å². The molecule has 0 spiro atoms. The van der Waals surface area contributed by atoms with E-state index >= 15 is 0 Å². The van der Waals surface area contributed by atoms with Gasteiger partial charge >= 0.3 is 0 Å². The fourth-order valence-electron chi connectivity index (χ4n) is 2.47. The van der Waals surface area contributed by atoms with Gasteiger partial charge in [-0.05, 0) is 60.8 Å². The number of benzene rings is 1. The van der Waals surface area contributed by atoms with Crippen LogP contribution in [0.1, 0.15) is 37.0 Å². The van der Waals surface area contributed by atoms with Crippen molar-refractivity contribution >= 4 is 31.9 Å². The molecule has 1 aromatic carbocycles. The van der Waals surface area contributed by atoms with E-state index in [9.17, 15) is 13.2 Å². The maximum absolute atomic E-state index is 12.6. The summed E-state index contributed by atoms with van der Waals surface area (Å²) in [7, 11) is -3.82. The van der Waals surface area contributed by atoms with Crippen LogP contribution in [0.25, 0.3) is 0 Å². The quantitative estimate of drug-likeness (QED) is 0.876. The molecule has 0 atom stereocenters. The van der Waals surface area contributed by atoms with Gasteiger partial charge in [0.05, 0.1) is 10.5 Å². The molecule has 0 bridgehead atoms. The summed E-state index contributed by atoms with van der Waals surface area (Å²) in [5.74, 6) is -0.176. The molecule has 5 nitrogen and oxygen atoms in total. The van der Waals surface area contributed by atoms with E-state index in [2.05, 4.69) is 15.9 Å². The third-order valence-electron chi connectivity index (χ3n) is 3.64. The molecule has 1 fully saturated rings. The lowest BCUT2D eigenvalue weighted by molar-refractivity contribution is 0.0651. The maximum atomic E-state index is 12.6. The van der Waals surface area contributed by atoms with Crippen LogP contribution < -0.4 is 5.14 Å². The molecule has 1 aliphatic heterocycles. The summed E-state index contributed by atoms with van der Waals surface area (Å²) in [5, 5.41) is 5.11. The first kappa shape index (κ1) is 15.5. The number of halogens is 1. The Balaban J connectivity index is 2.45. The van der Waals surface area contributed by atoms with E-state index in [4.69, 9.17) is 5.14 Å². The van der Waals surface area contributed by atoms with Gasteiger partial charge in [0.2, 0.25) is 10.0 Å². The van der Waals surface area contributed by atoms with Crippen LogP contribution in [0, 0.1) is 0 Å². The minimum absolute atomic E-state index is 0.0546. The Morgan fingerprint density at radius 1 is 1.40 bits per heavy atom. The second kappa shape index (κ2) is 5.13. The molecule has 0 aromatic heterocycles. The van der Waals surface area contributed by atoms with E-state index in [-0.39, 0.29) is 16.3 Å². The molecular weight excluding hydrogens is 344 g/mol. The zero-order valence-corrected chi connectivity index (χ0v) is 13.8. The van der Waals surface area contributed by atoms with Crippen molar-refractivity contribution in [3.63, 3.8) is 0 Å². The molecule has 20 heavy (non-hydrogen) atoms. The summed E-state index contributed by atoms with van der Waals surface area (Å²) in [4.78, 5) is 14.3. The largest absolute Gasteiger partial charge is 0.333 e. The number of rotatable bonds is 2. The van der Waals surface area contributed by atoms with Crippen molar-refractivity contribution in [3.8, 4) is 0 Å². The highest BCUT2D eigenvalue weighted by atomic mass is 79.9. The van der Waals surface area contributed by atoms with Crippen molar-refractivity contribution < 1.29 is 13.2 Å². The molecule has 2 rings (SSSR count). The highest BCUT2D eigenvalue weighted by Gasteiger charge is 2.36. The van der Waals surface area contributed by atoms with Crippen molar-refractivity contribution in [2.75, 3.05) is 6.54 Å². The molecule has 1 amide bonds. The molecule has 0 unspecified atom stereocenters. The first-order valence-corrected chi connectivity index (χ1v) is 8.61. The van der Waals surface area contributed by atoms with Gasteiger partial charge in [0.15, 0.2) is 0 Å². The molecule has 110 valence electrons. The highest BCUT2D eigenvalue weighted by molar-refractivity contribution is 9.10. The van der Waals surface area contributed by atoms with E-state index in [0.717, 1.165) is 12.8 Å². The molecule has 2 N–H and O–H groups in total. The number of carbonyl (C=O) groups is 1. The van der Waals surface area contributed by atoms with E-state index < -0.39 is 10.0 Å². The summed E-state index contributed by atoms with van der Waals surface area (Å²) < 4.78 is 23.4. The Morgan fingerprint density at radius 3 is 2.55 bits per heavy atom. The Hall–Kier alpha value is -0.920. The van der Waals surface area contributed by atoms with E-state index in [1.165, 1.54) is 18.2 Å². The number of nitrogens with two attached hydrogens (primary N) is 1. The van der Waals surface area contributed by atoms with E-state index in [1.807, 2.05) is 13.8 Å². The standard InChI is InChI=1S/C13H17BrN2O3S/c1-13(2)6-3-7-16(13)12(17)10-8-9(20(15,18)19)4-5-11(10)14/h4-5,8H,3,6-7H2,1-2H3,(H2,15,18,19). The summed E-state index contributed by atoms with van der Waals surface area (Å²) in [6, 6.07) is 4.25. The molecular formula is C13H17BrN2O3S. The monoisotopic (exact) mass is 360 g/mol. The van der Waals surface area contributed by atoms with Gasteiger partial charge in [-0.1, -0.05) is 0 Å². The summed E-state index contributed by atoms with van der Waals surface area (Å²) in [6.07, 6.45) is 1.89. The van der Waals surface area contributed by atoms with Crippen molar-refractivity contribution in [3.05, 3.63) is 28.2 Å². The lowest BCUT2D eigenvalue weighted by Crippen LogP contribution is -2.42. The van der Waals surface area contributed by atoms with Gasteiger partial charge in [0.1, 0.15) is 0 Å². The number of hydrogen-bond donors (Lipinski definition) is 1. The number of sulfonamides is 1. The van der Waals surface area contributed by atoms with Crippen molar-refractivity contribution in [2.24, 2.45) is 5.14 Å². The minimum Gasteiger partial charge on any atom is -0.333 e. The first-order valence-electron chi connectivity index (χ1n) is 6.27. The summed E-state index contributed by atoms with van der Waals surface area (Å²) >= 11 is 3.30. The fraction of sp³-hybridized carbons (Fsp3) is 0.462. The van der Waals surface area contributed by atoms with Crippen LogP contribution in [0.4, 0.5) is 0 Å². The molecule has 1 aromatic rings. The molecule has 1 aliphatic rings. The van der Waals surface area contributed by atoms with Crippen LogP contribution in [0.3, 0.4) is 0 Å². The van der Waals surface area contributed by atoms with E-state index in [1.54, 1.807) is 4.90 Å². The van der Waals surface area contributed by atoms with Gasteiger partial charge in [-0.2, -0.15) is 0 Å². The number of primary sulfonamides is 1. The van der Waals surface area contributed by atoms with Crippen molar-refractivity contribution in [2.45, 2.75) is 37.1 Å². The number of hydrogen-bond acceptors (Lipinski definition) is 3. The summed E-state index contributed by atoms with van der Waals surface area (Å²) in [5.41, 5.74) is 0.111. The van der Waals surface area contributed by atoms with Gasteiger partial charge in [-0.15, -0.1) is 0 Å². The highest BCUT2D eigenvalue weighted by Crippen LogP contribution is 2.31. The van der Waals surface area contributed by atoms with Crippen LogP contribution >= 0.6 is 15.9 Å². The number of likely N-dealkylation sites (tertiary alicyclic amines) is 1. The smallest absolute Gasteiger partial charge is 0.255 e. The maximum Gasteiger partial charge on any atom is 0.255 e. The zero-order valence-electron chi connectivity index (χ0n) is 11.4. The third-order valence-corrected chi connectivity index (χ3v) is 5.25. The van der Waals surface area contributed by atoms with Crippen LogP contribution in [-0.4, -0.2) is 31.3 Å². The van der Waals surface area contributed by atoms with E-state index in [0.29, 0.717) is 16.6 Å². The average Bonchev–Trinajstić information content (AvgIpc) is 2.67. The molecule has 0 saturated carbocycles. The van der Waals surface area contributed by atoms with Gasteiger partial charge in [0.25, 0.3) is 5.91 Å². The first-order chi connectivity index (χ1) is 9.13. The second-order valence-corrected chi connectivity index (χ2v) is 7.98. The molecule has 1 saturated heterocycles. The van der Waals surface area contributed by atoms with Crippen molar-refractivity contribution in [1.29, 1.82) is 0 Å². The number of amides is 1. The summed E-state index contributed by atoms with van der Waals surface area (Å²) in [6.45, 7) is 4.70. The van der Waals surface area contributed by atoms with Crippen LogP contribution in [-0.2, 0) is 10.0 Å². The SMILES string of the molecule is CC1(C)CCCN1C(=O)c1cc(S(N)(=O)=O)ccc1Br. The lowest BCUT2D eigenvalue weighted by atomic mass is 10.0. The predicted molar refractivity (Wildman–Crippen MR) is 79.9 cm³/mol. The normalized spacial score (nSPS) is 18.3. The molecule has 0 radical (unpaired) electrons. The average molecular weight is 361 g/mol. The third kappa shape index (κ3) is 2.89. The molecule has 1 heterocycles. The number of carbonyl (C=O) groups excluding carboxylic acids is 1. The minimum atomic E-state index is -3.82. The Kier molecular flexibility index (Phi) is 3.96. The second-order valence-electron chi connectivity index (χ2n) is 5.56. The van der Waals surface area contributed by atoms with Crippen LogP contribution in [0.2, 0.25) is 0 Å². The number of nitrogens with zero attached hydrogens (tertiary/aromatic N) is 1. The molecule has 0 aliphatic carbocycles. The van der Waals surface area contributed by atoms with Crippen LogP contribution in [0.5, 0.6) is 0 Å². The Bertz CT molecular complexity index is 656. The predicted octanol–water partition coefficient (Wildman–Crippen LogP) is 2.11. The van der Waals surface area contributed by atoms with Crippen molar-refractivity contribution in [1.82, 2.24) is 4.90 Å². The zero-order chi connectivity index (χ0) is 15.1. The Morgan fingerprint density at radius 2 is 2.05 bits per heavy atom. The topological polar surface area (TPSA) is 80.5 Å². The van der Waals surface area contributed by atoms with Gasteiger partial charge in [-0.25, -0.2) is 13.6 Å².